The minimum Gasteiger partial charge on any atom is -0.459 e. The Labute approximate surface area is 171 Å². The third kappa shape index (κ3) is 6.62. The fourth-order valence-electron chi connectivity index (χ4n) is 2.91. The number of amides is 2. The highest BCUT2D eigenvalue weighted by Gasteiger charge is 2.27. The molecule has 2 rings (SSSR count). The Morgan fingerprint density at radius 1 is 1.24 bits per heavy atom. The number of ether oxygens (including phenoxy) is 2. The van der Waals surface area contributed by atoms with Gasteiger partial charge in [0.1, 0.15) is 11.4 Å². The number of piperidine rings is 1. The van der Waals surface area contributed by atoms with Crippen LogP contribution in [0.3, 0.4) is 0 Å². The molecular formula is C20H30N4O5. The first kappa shape index (κ1) is 22.4. The number of hydrogen-bond acceptors (Lipinski definition) is 7. The molecule has 0 radical (unpaired) electrons. The number of carbonyl (C=O) groups excluding carboxylic acids is 3. The fraction of sp³-hybridized carbons (Fsp3) is 0.600. The summed E-state index contributed by atoms with van der Waals surface area (Å²) in [5, 5.41) is 5.90. The van der Waals surface area contributed by atoms with Gasteiger partial charge in [-0.1, -0.05) is 0 Å². The Hall–Kier alpha value is -2.84. The second-order valence-electron chi connectivity index (χ2n) is 7.91. The molecule has 29 heavy (non-hydrogen) atoms. The van der Waals surface area contributed by atoms with E-state index < -0.39 is 17.5 Å². The molecule has 9 nitrogen and oxygen atoms in total. The van der Waals surface area contributed by atoms with Crippen molar-refractivity contribution in [1.82, 2.24) is 9.88 Å². The molecule has 2 heterocycles. The van der Waals surface area contributed by atoms with Crippen molar-refractivity contribution in [1.29, 1.82) is 0 Å². The van der Waals surface area contributed by atoms with Crippen molar-refractivity contribution >= 4 is 29.5 Å². The zero-order valence-electron chi connectivity index (χ0n) is 17.7. The monoisotopic (exact) mass is 406 g/mol. The number of nitrogens with one attached hydrogen (secondary N) is 2. The third-order valence-corrected chi connectivity index (χ3v) is 4.35. The van der Waals surface area contributed by atoms with Crippen LogP contribution in [0.1, 0.15) is 46.1 Å². The fourth-order valence-corrected chi connectivity index (χ4v) is 2.91. The van der Waals surface area contributed by atoms with Crippen molar-refractivity contribution in [3.8, 4) is 0 Å². The van der Waals surface area contributed by atoms with Crippen LogP contribution in [-0.4, -0.2) is 59.2 Å². The van der Waals surface area contributed by atoms with E-state index in [0.29, 0.717) is 37.4 Å². The van der Waals surface area contributed by atoms with Gasteiger partial charge in [0.2, 0.25) is 0 Å². The second kappa shape index (κ2) is 9.58. The van der Waals surface area contributed by atoms with Crippen LogP contribution in [0.4, 0.5) is 16.3 Å². The van der Waals surface area contributed by atoms with E-state index >= 15 is 0 Å². The Morgan fingerprint density at radius 3 is 2.48 bits per heavy atom. The molecule has 0 spiro atoms. The predicted molar refractivity (Wildman–Crippen MR) is 109 cm³/mol. The van der Waals surface area contributed by atoms with Crippen molar-refractivity contribution in [2.45, 2.75) is 59.1 Å². The summed E-state index contributed by atoms with van der Waals surface area (Å²) in [5.41, 5.74) is 0.690. The molecule has 1 aromatic rings. The maximum Gasteiger partial charge on any atom is 0.410 e. The number of carbonyl (C=O) groups is 3. The van der Waals surface area contributed by atoms with Gasteiger partial charge in [0.15, 0.2) is 0 Å². The number of aryl methyl sites for hydroxylation is 1. The van der Waals surface area contributed by atoms with Crippen LogP contribution < -0.4 is 10.6 Å². The van der Waals surface area contributed by atoms with Gasteiger partial charge in [0.25, 0.3) is 0 Å². The van der Waals surface area contributed by atoms with Gasteiger partial charge in [-0.15, -0.1) is 0 Å². The van der Waals surface area contributed by atoms with Gasteiger partial charge in [-0.2, -0.15) is 0 Å². The van der Waals surface area contributed by atoms with Gasteiger partial charge < -0.3 is 25.0 Å². The second-order valence-corrected chi connectivity index (χ2v) is 7.91. The van der Waals surface area contributed by atoms with Crippen molar-refractivity contribution in [2.75, 3.05) is 30.3 Å². The van der Waals surface area contributed by atoms with Crippen molar-refractivity contribution in [3.05, 3.63) is 17.8 Å². The number of hydrogen-bond donors (Lipinski definition) is 2. The zero-order chi connectivity index (χ0) is 21.6. The topological polar surface area (TPSA) is 110 Å². The van der Waals surface area contributed by atoms with Gasteiger partial charge >= 0.3 is 18.0 Å². The normalized spacial score (nSPS) is 14.9. The number of nitrogens with zero attached hydrogens (tertiary/aromatic N) is 2. The van der Waals surface area contributed by atoms with E-state index in [1.807, 2.05) is 27.7 Å². The van der Waals surface area contributed by atoms with Crippen LogP contribution in [0.15, 0.2) is 12.3 Å². The molecule has 1 aliphatic heterocycles. The number of rotatable bonds is 4. The highest BCUT2D eigenvalue weighted by Crippen LogP contribution is 2.26. The van der Waals surface area contributed by atoms with Gasteiger partial charge in [-0.3, -0.25) is 4.79 Å². The Kier molecular flexibility index (Phi) is 7.41. The number of pyridine rings is 1. The standard InChI is InChI=1S/C20H30N4O5/c1-6-28-18(26)17(25)23-15-13(2)7-10-21-16(15)22-14-8-11-24(12-9-14)19(27)29-20(3,4)5/h7,10,14H,6,8-9,11-12H2,1-5H3,(H,21,22)(H,23,25). The summed E-state index contributed by atoms with van der Waals surface area (Å²) >= 11 is 0. The highest BCUT2D eigenvalue weighted by atomic mass is 16.6. The summed E-state index contributed by atoms with van der Waals surface area (Å²) in [6, 6.07) is 1.82. The van der Waals surface area contributed by atoms with Gasteiger partial charge in [0.05, 0.1) is 12.3 Å². The first-order valence-electron chi connectivity index (χ1n) is 9.79. The van der Waals surface area contributed by atoms with E-state index in [1.54, 1.807) is 24.1 Å². The maximum atomic E-state index is 12.2. The molecule has 1 aliphatic rings. The Morgan fingerprint density at radius 2 is 1.90 bits per heavy atom. The summed E-state index contributed by atoms with van der Waals surface area (Å²) in [6.07, 6.45) is 2.74. The molecule has 0 bridgehead atoms. The van der Waals surface area contributed by atoms with Crippen molar-refractivity contribution < 1.29 is 23.9 Å². The largest absolute Gasteiger partial charge is 0.459 e. The molecule has 1 aromatic heterocycles. The first-order chi connectivity index (χ1) is 13.6. The van der Waals surface area contributed by atoms with Crippen LogP contribution in [0.2, 0.25) is 0 Å². The van der Waals surface area contributed by atoms with E-state index in [4.69, 9.17) is 9.47 Å². The predicted octanol–water partition coefficient (Wildman–Crippen LogP) is 2.70. The van der Waals surface area contributed by atoms with Crippen molar-refractivity contribution in [3.63, 3.8) is 0 Å². The molecule has 1 fully saturated rings. The molecule has 0 aromatic carbocycles. The average molecular weight is 406 g/mol. The van der Waals surface area contributed by atoms with Crippen LogP contribution in [0.5, 0.6) is 0 Å². The number of aromatic nitrogens is 1. The van der Waals surface area contributed by atoms with E-state index in [9.17, 15) is 14.4 Å². The Bertz CT molecular complexity index is 752. The van der Waals surface area contributed by atoms with Gasteiger partial charge in [-0.25, -0.2) is 14.6 Å². The van der Waals surface area contributed by atoms with Crippen LogP contribution >= 0.6 is 0 Å². The van der Waals surface area contributed by atoms with Crippen LogP contribution in [0, 0.1) is 6.92 Å². The number of likely N-dealkylation sites (tertiary alicyclic amines) is 1. The molecule has 160 valence electrons. The smallest absolute Gasteiger partial charge is 0.410 e. The zero-order valence-corrected chi connectivity index (χ0v) is 17.7. The summed E-state index contributed by atoms with van der Waals surface area (Å²) in [5.74, 6) is -1.29. The lowest BCUT2D eigenvalue weighted by Gasteiger charge is -2.34. The molecule has 0 aliphatic carbocycles. The molecule has 2 N–H and O–H groups in total. The third-order valence-electron chi connectivity index (χ3n) is 4.35. The highest BCUT2D eigenvalue weighted by molar-refractivity contribution is 6.37. The summed E-state index contributed by atoms with van der Waals surface area (Å²) < 4.78 is 10.1. The summed E-state index contributed by atoms with van der Waals surface area (Å²) in [7, 11) is 0. The summed E-state index contributed by atoms with van der Waals surface area (Å²) in [6.45, 7) is 10.2. The SMILES string of the molecule is CCOC(=O)C(=O)Nc1c(C)ccnc1NC1CCN(C(=O)OC(C)(C)C)CC1. The minimum atomic E-state index is -0.938. The molecule has 1 saturated heterocycles. The molecule has 2 amide bonds. The van der Waals surface area contributed by atoms with E-state index in [-0.39, 0.29) is 18.7 Å². The van der Waals surface area contributed by atoms with Gasteiger partial charge in [-0.05, 0) is 59.1 Å². The van der Waals surface area contributed by atoms with Crippen LogP contribution in [-0.2, 0) is 19.1 Å². The first-order valence-corrected chi connectivity index (χ1v) is 9.79. The number of esters is 1. The molecule has 9 heteroatoms. The molecule has 0 saturated carbocycles. The summed E-state index contributed by atoms with van der Waals surface area (Å²) in [4.78, 5) is 41.9. The molecular weight excluding hydrogens is 376 g/mol. The molecule has 0 atom stereocenters. The Balaban J connectivity index is 1.99. The van der Waals surface area contributed by atoms with E-state index in [0.717, 1.165) is 5.56 Å². The van der Waals surface area contributed by atoms with E-state index in [1.165, 1.54) is 0 Å². The van der Waals surface area contributed by atoms with Gasteiger partial charge in [0, 0.05) is 25.3 Å². The number of anilines is 2. The minimum absolute atomic E-state index is 0.0706. The lowest BCUT2D eigenvalue weighted by molar-refractivity contribution is -0.152. The quantitative estimate of drug-likeness (QED) is 0.584. The van der Waals surface area contributed by atoms with Crippen molar-refractivity contribution in [2.24, 2.45) is 0 Å². The lowest BCUT2D eigenvalue weighted by Crippen LogP contribution is -2.44. The average Bonchev–Trinajstić information content (AvgIpc) is 2.63. The lowest BCUT2D eigenvalue weighted by atomic mass is 10.1. The molecule has 0 unspecified atom stereocenters. The van der Waals surface area contributed by atoms with E-state index in [2.05, 4.69) is 15.6 Å². The van der Waals surface area contributed by atoms with Crippen LogP contribution in [0.25, 0.3) is 0 Å². The maximum absolute atomic E-state index is 12.2.